The van der Waals surface area contributed by atoms with Crippen LogP contribution in [-0.4, -0.2) is 41.2 Å². The Labute approximate surface area is 136 Å². The van der Waals surface area contributed by atoms with Gasteiger partial charge in [0.15, 0.2) is 0 Å². The number of nitrogens with two attached hydrogens (primary N) is 1. The van der Waals surface area contributed by atoms with Crippen LogP contribution in [0.1, 0.15) is 37.0 Å². The van der Waals surface area contributed by atoms with E-state index in [1.54, 1.807) is 31.2 Å². The van der Waals surface area contributed by atoms with E-state index in [1.807, 2.05) is 13.0 Å². The van der Waals surface area contributed by atoms with Crippen LogP contribution in [-0.2, 0) is 9.59 Å². The molecule has 1 fully saturated rings. The number of carbonyl (C=O) groups excluding carboxylic acids is 3. The molecule has 6 nitrogen and oxygen atoms in total. The summed E-state index contributed by atoms with van der Waals surface area (Å²) in [6.45, 7) is 4.03. The monoisotopic (exact) mass is 317 g/mol. The fourth-order valence-corrected chi connectivity index (χ4v) is 2.84. The molecule has 1 heterocycles. The molecule has 3 amide bonds. The number of nitrogens with one attached hydrogen (secondary N) is 1. The maximum absolute atomic E-state index is 12.8. The molecule has 1 saturated heterocycles. The summed E-state index contributed by atoms with van der Waals surface area (Å²) in [5.74, 6) is -1.07. The van der Waals surface area contributed by atoms with Crippen molar-refractivity contribution in [2.75, 3.05) is 6.54 Å². The van der Waals surface area contributed by atoms with Crippen LogP contribution in [0.2, 0.25) is 0 Å². The Kier molecular flexibility index (Phi) is 5.36. The topological polar surface area (TPSA) is 92.5 Å². The molecule has 0 spiro atoms. The lowest BCUT2D eigenvalue weighted by Gasteiger charge is -2.30. The van der Waals surface area contributed by atoms with Gasteiger partial charge in [0.1, 0.15) is 12.1 Å². The van der Waals surface area contributed by atoms with E-state index in [1.165, 1.54) is 4.90 Å². The van der Waals surface area contributed by atoms with Gasteiger partial charge in [-0.15, -0.1) is 0 Å². The Morgan fingerprint density at radius 2 is 1.96 bits per heavy atom. The van der Waals surface area contributed by atoms with E-state index in [0.717, 1.165) is 12.8 Å². The highest BCUT2D eigenvalue weighted by Crippen LogP contribution is 2.21. The molecule has 124 valence electrons. The lowest BCUT2D eigenvalue weighted by molar-refractivity contribution is -0.140. The Bertz CT molecular complexity index is 588. The van der Waals surface area contributed by atoms with Gasteiger partial charge in [0.05, 0.1) is 0 Å². The molecular formula is C17H23N3O3. The van der Waals surface area contributed by atoms with Gasteiger partial charge in [-0.25, -0.2) is 0 Å². The Morgan fingerprint density at radius 3 is 2.57 bits per heavy atom. The SMILES string of the molecule is C[C@@H]1CCCN([C@@H](C)C(N)=O)C(=O)[C@H]1NC(=O)c1ccccc1. The van der Waals surface area contributed by atoms with Crippen LogP contribution in [0.5, 0.6) is 0 Å². The zero-order valence-electron chi connectivity index (χ0n) is 13.5. The predicted octanol–water partition coefficient (Wildman–Crippen LogP) is 0.917. The number of amides is 3. The third-order valence-electron chi connectivity index (χ3n) is 4.38. The van der Waals surface area contributed by atoms with Crippen LogP contribution in [0.15, 0.2) is 30.3 Å². The molecule has 1 aliphatic heterocycles. The van der Waals surface area contributed by atoms with Crippen LogP contribution >= 0.6 is 0 Å². The summed E-state index contributed by atoms with van der Waals surface area (Å²) in [5, 5.41) is 2.82. The summed E-state index contributed by atoms with van der Waals surface area (Å²) in [6.07, 6.45) is 1.58. The zero-order valence-corrected chi connectivity index (χ0v) is 13.5. The number of likely N-dealkylation sites (tertiary alicyclic amines) is 1. The third-order valence-corrected chi connectivity index (χ3v) is 4.38. The van der Waals surface area contributed by atoms with E-state index in [9.17, 15) is 14.4 Å². The highest BCUT2D eigenvalue weighted by molar-refractivity contribution is 5.98. The number of hydrogen-bond donors (Lipinski definition) is 2. The number of benzene rings is 1. The van der Waals surface area contributed by atoms with E-state index in [0.29, 0.717) is 12.1 Å². The Morgan fingerprint density at radius 1 is 1.30 bits per heavy atom. The average molecular weight is 317 g/mol. The highest BCUT2D eigenvalue weighted by Gasteiger charge is 2.36. The van der Waals surface area contributed by atoms with Crippen LogP contribution in [0.3, 0.4) is 0 Å². The van der Waals surface area contributed by atoms with Gasteiger partial charge in [-0.3, -0.25) is 14.4 Å². The average Bonchev–Trinajstić information content (AvgIpc) is 2.68. The molecule has 0 saturated carbocycles. The number of primary amides is 1. The van der Waals surface area contributed by atoms with Gasteiger partial charge in [-0.2, -0.15) is 0 Å². The molecule has 3 atom stereocenters. The summed E-state index contributed by atoms with van der Waals surface area (Å²) < 4.78 is 0. The molecule has 0 bridgehead atoms. The lowest BCUT2D eigenvalue weighted by atomic mass is 9.97. The molecule has 1 aromatic carbocycles. The minimum atomic E-state index is -0.677. The van der Waals surface area contributed by atoms with Gasteiger partial charge < -0.3 is 16.0 Å². The molecule has 1 aliphatic rings. The van der Waals surface area contributed by atoms with Crippen molar-refractivity contribution in [1.29, 1.82) is 0 Å². The van der Waals surface area contributed by atoms with Crippen LogP contribution in [0.4, 0.5) is 0 Å². The minimum Gasteiger partial charge on any atom is -0.368 e. The molecule has 6 heteroatoms. The van der Waals surface area contributed by atoms with E-state index < -0.39 is 18.0 Å². The van der Waals surface area contributed by atoms with Crippen molar-refractivity contribution in [2.24, 2.45) is 11.7 Å². The fourth-order valence-electron chi connectivity index (χ4n) is 2.84. The summed E-state index contributed by atoms with van der Waals surface area (Å²) >= 11 is 0. The molecule has 23 heavy (non-hydrogen) atoms. The van der Waals surface area contributed by atoms with E-state index in [4.69, 9.17) is 5.73 Å². The first-order valence-corrected chi connectivity index (χ1v) is 7.87. The van der Waals surface area contributed by atoms with Crippen LogP contribution < -0.4 is 11.1 Å². The van der Waals surface area contributed by atoms with Crippen molar-refractivity contribution >= 4 is 17.7 Å². The number of rotatable bonds is 4. The first-order valence-electron chi connectivity index (χ1n) is 7.87. The van der Waals surface area contributed by atoms with Gasteiger partial charge in [-0.1, -0.05) is 25.1 Å². The first kappa shape index (κ1) is 17.0. The van der Waals surface area contributed by atoms with Crippen molar-refractivity contribution in [1.82, 2.24) is 10.2 Å². The second-order valence-corrected chi connectivity index (χ2v) is 6.05. The largest absolute Gasteiger partial charge is 0.368 e. The van der Waals surface area contributed by atoms with Gasteiger partial charge >= 0.3 is 0 Å². The zero-order chi connectivity index (χ0) is 17.0. The maximum Gasteiger partial charge on any atom is 0.251 e. The van der Waals surface area contributed by atoms with Crippen molar-refractivity contribution in [3.05, 3.63) is 35.9 Å². The van der Waals surface area contributed by atoms with Crippen molar-refractivity contribution in [2.45, 2.75) is 38.8 Å². The van der Waals surface area contributed by atoms with Gasteiger partial charge in [-0.05, 0) is 37.8 Å². The fraction of sp³-hybridized carbons (Fsp3) is 0.471. The second kappa shape index (κ2) is 7.26. The van der Waals surface area contributed by atoms with Crippen molar-refractivity contribution in [3.63, 3.8) is 0 Å². The predicted molar refractivity (Wildman–Crippen MR) is 86.5 cm³/mol. The first-order chi connectivity index (χ1) is 10.9. The van der Waals surface area contributed by atoms with Gasteiger partial charge in [0.2, 0.25) is 11.8 Å². The second-order valence-electron chi connectivity index (χ2n) is 6.05. The molecule has 0 aromatic heterocycles. The van der Waals surface area contributed by atoms with E-state index in [-0.39, 0.29) is 17.7 Å². The maximum atomic E-state index is 12.8. The van der Waals surface area contributed by atoms with Crippen LogP contribution in [0, 0.1) is 5.92 Å². The molecule has 0 radical (unpaired) electrons. The molecule has 0 unspecified atom stereocenters. The summed E-state index contributed by atoms with van der Waals surface area (Å²) in [4.78, 5) is 38.0. The van der Waals surface area contributed by atoms with Gasteiger partial charge in [0, 0.05) is 12.1 Å². The number of nitrogens with zero attached hydrogens (tertiary/aromatic N) is 1. The quantitative estimate of drug-likeness (QED) is 0.865. The molecular weight excluding hydrogens is 294 g/mol. The molecule has 3 N–H and O–H groups in total. The smallest absolute Gasteiger partial charge is 0.251 e. The lowest BCUT2D eigenvalue weighted by Crippen LogP contribution is -2.55. The van der Waals surface area contributed by atoms with Crippen molar-refractivity contribution < 1.29 is 14.4 Å². The van der Waals surface area contributed by atoms with E-state index in [2.05, 4.69) is 5.32 Å². The normalized spacial score (nSPS) is 23.0. The standard InChI is InChI=1S/C17H23N3O3/c1-11-7-6-10-20(12(2)15(18)21)17(23)14(11)19-16(22)13-8-4-3-5-9-13/h3-5,8-9,11-12,14H,6-7,10H2,1-2H3,(H2,18,21)(H,19,22)/t11-,12+,14+/m1/s1. The Balaban J connectivity index is 2.18. The summed E-state index contributed by atoms with van der Waals surface area (Å²) in [6, 6.07) is 7.45. The third kappa shape index (κ3) is 3.88. The molecule has 1 aromatic rings. The summed E-state index contributed by atoms with van der Waals surface area (Å²) in [5.41, 5.74) is 5.84. The molecule has 2 rings (SSSR count). The van der Waals surface area contributed by atoms with Crippen LogP contribution in [0.25, 0.3) is 0 Å². The van der Waals surface area contributed by atoms with E-state index >= 15 is 0 Å². The number of carbonyl (C=O) groups is 3. The molecule has 0 aliphatic carbocycles. The summed E-state index contributed by atoms with van der Waals surface area (Å²) in [7, 11) is 0. The minimum absolute atomic E-state index is 0.000221. The Hall–Kier alpha value is -2.37. The van der Waals surface area contributed by atoms with Gasteiger partial charge in [0.25, 0.3) is 5.91 Å². The van der Waals surface area contributed by atoms with Crippen molar-refractivity contribution in [3.8, 4) is 0 Å². The number of hydrogen-bond acceptors (Lipinski definition) is 3. The highest BCUT2D eigenvalue weighted by atomic mass is 16.2.